The summed E-state index contributed by atoms with van der Waals surface area (Å²) in [7, 11) is 1.80. The van der Waals surface area contributed by atoms with Crippen molar-refractivity contribution in [2.24, 2.45) is 7.05 Å². The van der Waals surface area contributed by atoms with Gasteiger partial charge in [0.25, 0.3) is 5.91 Å². The molecule has 1 aromatic heterocycles. The van der Waals surface area contributed by atoms with Gasteiger partial charge < -0.3 is 5.32 Å². The molecule has 4 nitrogen and oxygen atoms in total. The summed E-state index contributed by atoms with van der Waals surface area (Å²) in [4.78, 5) is 12.3. The molecule has 1 N–H and O–H groups in total. The molecule has 19 heavy (non-hydrogen) atoms. The van der Waals surface area contributed by atoms with E-state index >= 15 is 0 Å². The third kappa shape index (κ3) is 3.50. The van der Waals surface area contributed by atoms with Crippen molar-refractivity contribution in [3.63, 3.8) is 0 Å². The van der Waals surface area contributed by atoms with Gasteiger partial charge in [-0.25, -0.2) is 0 Å². The first-order valence-corrected chi connectivity index (χ1v) is 7.53. The molecule has 1 aliphatic rings. The van der Waals surface area contributed by atoms with Crippen LogP contribution in [-0.4, -0.2) is 27.1 Å². The Kier molecular flexibility index (Phi) is 4.86. The van der Waals surface area contributed by atoms with Crippen LogP contribution in [0.3, 0.4) is 0 Å². The third-order valence-electron chi connectivity index (χ3n) is 3.77. The van der Waals surface area contributed by atoms with Gasteiger partial charge in [-0.1, -0.05) is 26.2 Å². The summed E-state index contributed by atoms with van der Waals surface area (Å²) in [6.45, 7) is 2.03. The van der Waals surface area contributed by atoms with Crippen molar-refractivity contribution >= 4 is 17.5 Å². The first-order valence-electron chi connectivity index (χ1n) is 7.09. The van der Waals surface area contributed by atoms with Crippen molar-refractivity contribution in [2.45, 2.75) is 56.9 Å². The molecule has 0 saturated heterocycles. The molecule has 2 unspecified atom stereocenters. The number of rotatable bonds is 3. The summed E-state index contributed by atoms with van der Waals surface area (Å²) < 4.78 is 1.65. The van der Waals surface area contributed by atoms with Crippen LogP contribution in [0.2, 0.25) is 0 Å². The van der Waals surface area contributed by atoms with Crippen LogP contribution in [0, 0.1) is 0 Å². The largest absolute Gasteiger partial charge is 0.346 e. The minimum atomic E-state index is -0.0627. The molecule has 0 spiro atoms. The van der Waals surface area contributed by atoms with Gasteiger partial charge in [-0.05, 0) is 25.3 Å². The SMILES string of the molecule is CCc1cc(C(=O)NC2CCCCCC2Cl)n(C)n1. The fourth-order valence-corrected chi connectivity index (χ4v) is 2.92. The molecule has 0 radical (unpaired) electrons. The maximum Gasteiger partial charge on any atom is 0.269 e. The Labute approximate surface area is 119 Å². The van der Waals surface area contributed by atoms with Gasteiger partial charge in [0, 0.05) is 13.1 Å². The Morgan fingerprint density at radius 2 is 2.21 bits per heavy atom. The van der Waals surface area contributed by atoms with Gasteiger partial charge in [-0.15, -0.1) is 11.6 Å². The summed E-state index contributed by atoms with van der Waals surface area (Å²) in [5.74, 6) is -0.0627. The van der Waals surface area contributed by atoms with Crippen LogP contribution in [0.15, 0.2) is 6.07 Å². The highest BCUT2D eigenvalue weighted by molar-refractivity contribution is 6.21. The fourth-order valence-electron chi connectivity index (χ4n) is 2.58. The van der Waals surface area contributed by atoms with Gasteiger partial charge in [0.1, 0.15) is 5.69 Å². The van der Waals surface area contributed by atoms with E-state index in [2.05, 4.69) is 10.4 Å². The molecule has 1 aliphatic carbocycles. The Bertz CT molecular complexity index is 444. The van der Waals surface area contributed by atoms with Crippen LogP contribution in [0.25, 0.3) is 0 Å². The summed E-state index contributed by atoms with van der Waals surface area (Å²) in [6, 6.07) is 1.94. The third-order valence-corrected chi connectivity index (χ3v) is 4.30. The Morgan fingerprint density at radius 1 is 1.47 bits per heavy atom. The van der Waals surface area contributed by atoms with E-state index in [1.54, 1.807) is 11.7 Å². The summed E-state index contributed by atoms with van der Waals surface area (Å²) in [5, 5.41) is 7.42. The number of alkyl halides is 1. The Morgan fingerprint density at radius 3 is 2.89 bits per heavy atom. The highest BCUT2D eigenvalue weighted by atomic mass is 35.5. The van der Waals surface area contributed by atoms with Crippen molar-refractivity contribution in [3.05, 3.63) is 17.5 Å². The first-order chi connectivity index (χ1) is 9.11. The number of halogens is 1. The molecule has 0 aromatic carbocycles. The number of aromatic nitrogens is 2. The fraction of sp³-hybridized carbons (Fsp3) is 0.714. The monoisotopic (exact) mass is 283 g/mol. The highest BCUT2D eigenvalue weighted by Gasteiger charge is 2.24. The van der Waals surface area contributed by atoms with Gasteiger partial charge in [0.15, 0.2) is 0 Å². The van der Waals surface area contributed by atoms with Gasteiger partial charge in [0.2, 0.25) is 0 Å². The zero-order valence-corrected chi connectivity index (χ0v) is 12.4. The molecule has 1 amide bonds. The number of carbonyl (C=O) groups is 1. The van der Waals surface area contributed by atoms with E-state index < -0.39 is 0 Å². The molecule has 1 heterocycles. The molecule has 2 rings (SSSR count). The summed E-state index contributed by atoms with van der Waals surface area (Å²) >= 11 is 6.35. The van der Waals surface area contributed by atoms with Crippen LogP contribution in [0.4, 0.5) is 0 Å². The number of nitrogens with one attached hydrogen (secondary N) is 1. The van der Waals surface area contributed by atoms with Crippen LogP contribution in [0.1, 0.15) is 55.2 Å². The van der Waals surface area contributed by atoms with E-state index in [0.29, 0.717) is 5.69 Å². The minimum Gasteiger partial charge on any atom is -0.346 e. The quantitative estimate of drug-likeness (QED) is 0.685. The summed E-state index contributed by atoms with van der Waals surface area (Å²) in [5.41, 5.74) is 1.56. The molecule has 5 heteroatoms. The topological polar surface area (TPSA) is 46.9 Å². The zero-order chi connectivity index (χ0) is 13.8. The predicted octanol–water partition coefficient (Wildman–Crippen LogP) is 2.65. The van der Waals surface area contributed by atoms with E-state index in [-0.39, 0.29) is 17.3 Å². The Balaban J connectivity index is 2.04. The molecule has 1 aromatic rings. The maximum atomic E-state index is 12.3. The maximum absolute atomic E-state index is 12.3. The van der Waals surface area contributed by atoms with Crippen LogP contribution in [-0.2, 0) is 13.5 Å². The number of nitrogens with zero attached hydrogens (tertiary/aromatic N) is 2. The zero-order valence-electron chi connectivity index (χ0n) is 11.7. The standard InChI is InChI=1S/C14H22ClN3O/c1-3-10-9-13(18(2)17-10)14(19)16-12-8-6-4-5-7-11(12)15/h9,11-12H,3-8H2,1-2H3,(H,16,19). The number of carbonyl (C=O) groups excluding carboxylic acids is 1. The smallest absolute Gasteiger partial charge is 0.269 e. The average molecular weight is 284 g/mol. The van der Waals surface area contributed by atoms with Gasteiger partial charge in [-0.2, -0.15) is 5.10 Å². The lowest BCUT2D eigenvalue weighted by molar-refractivity contribution is 0.0924. The normalized spacial score (nSPS) is 23.9. The molecule has 106 valence electrons. The van der Waals surface area contributed by atoms with Crippen LogP contribution in [0.5, 0.6) is 0 Å². The van der Waals surface area contributed by atoms with E-state index in [1.807, 2.05) is 13.0 Å². The second-order valence-corrected chi connectivity index (χ2v) is 5.79. The van der Waals surface area contributed by atoms with E-state index in [4.69, 9.17) is 11.6 Å². The van der Waals surface area contributed by atoms with Crippen molar-refractivity contribution in [1.82, 2.24) is 15.1 Å². The van der Waals surface area contributed by atoms with Crippen molar-refractivity contribution in [3.8, 4) is 0 Å². The summed E-state index contributed by atoms with van der Waals surface area (Å²) in [6.07, 6.45) is 6.30. The lowest BCUT2D eigenvalue weighted by Crippen LogP contribution is -2.41. The molecular formula is C14H22ClN3O. The number of aryl methyl sites for hydroxylation is 2. The van der Waals surface area contributed by atoms with Crippen molar-refractivity contribution in [2.75, 3.05) is 0 Å². The van der Waals surface area contributed by atoms with Crippen molar-refractivity contribution in [1.29, 1.82) is 0 Å². The van der Waals surface area contributed by atoms with Gasteiger partial charge >= 0.3 is 0 Å². The minimum absolute atomic E-state index is 0.0466. The number of amides is 1. The van der Waals surface area contributed by atoms with Crippen LogP contribution < -0.4 is 5.32 Å². The molecular weight excluding hydrogens is 262 g/mol. The van der Waals surface area contributed by atoms with Crippen molar-refractivity contribution < 1.29 is 4.79 Å². The second-order valence-electron chi connectivity index (χ2n) is 5.23. The predicted molar refractivity (Wildman–Crippen MR) is 76.6 cm³/mol. The lowest BCUT2D eigenvalue weighted by atomic mass is 10.1. The Hall–Kier alpha value is -1.03. The van der Waals surface area contributed by atoms with Crippen LogP contribution >= 0.6 is 11.6 Å². The van der Waals surface area contributed by atoms with E-state index in [0.717, 1.165) is 37.8 Å². The second kappa shape index (κ2) is 6.42. The van der Waals surface area contributed by atoms with Gasteiger partial charge in [-0.3, -0.25) is 9.48 Å². The average Bonchev–Trinajstić information content (AvgIpc) is 2.66. The molecule has 0 aliphatic heterocycles. The lowest BCUT2D eigenvalue weighted by Gasteiger charge is -2.21. The number of hydrogen-bond donors (Lipinski definition) is 1. The van der Waals surface area contributed by atoms with E-state index in [9.17, 15) is 4.79 Å². The molecule has 2 atom stereocenters. The first kappa shape index (κ1) is 14.4. The van der Waals surface area contributed by atoms with E-state index in [1.165, 1.54) is 6.42 Å². The van der Waals surface area contributed by atoms with Gasteiger partial charge in [0.05, 0.1) is 11.1 Å². The molecule has 1 fully saturated rings. The molecule has 1 saturated carbocycles. The molecule has 0 bridgehead atoms. The number of hydrogen-bond acceptors (Lipinski definition) is 2. The highest BCUT2D eigenvalue weighted by Crippen LogP contribution is 2.22.